The van der Waals surface area contributed by atoms with E-state index >= 15 is 0 Å². The molecule has 1 saturated heterocycles. The van der Waals surface area contributed by atoms with E-state index in [-0.39, 0.29) is 24.9 Å². The summed E-state index contributed by atoms with van der Waals surface area (Å²) < 4.78 is 5.12. The number of aliphatic hydroxyl groups is 2. The Morgan fingerprint density at radius 2 is 2.33 bits per heavy atom. The van der Waals surface area contributed by atoms with Gasteiger partial charge in [0.15, 0.2) is 0 Å². The molecule has 1 fully saturated rings. The predicted molar refractivity (Wildman–Crippen MR) is 32.0 cm³/mol. The lowest BCUT2D eigenvalue weighted by molar-refractivity contribution is 0.000607. The zero-order valence-corrected chi connectivity index (χ0v) is 5.45. The highest BCUT2D eigenvalue weighted by Gasteiger charge is 2.29. The quantitative estimate of drug-likeness (QED) is 0.506. The van der Waals surface area contributed by atoms with Gasteiger partial charge < -0.3 is 14.9 Å². The van der Waals surface area contributed by atoms with Crippen molar-refractivity contribution in [2.45, 2.75) is 31.7 Å². The van der Waals surface area contributed by atoms with Gasteiger partial charge in [0, 0.05) is 6.42 Å². The Balaban J connectivity index is 2.35. The second-order valence-electron chi connectivity index (χ2n) is 2.45. The van der Waals surface area contributed by atoms with Crippen molar-refractivity contribution >= 4 is 0 Å². The van der Waals surface area contributed by atoms with Gasteiger partial charge in [-0.05, 0) is 6.92 Å². The van der Waals surface area contributed by atoms with Crippen molar-refractivity contribution in [3.8, 4) is 0 Å². The van der Waals surface area contributed by atoms with Crippen LogP contribution < -0.4 is 0 Å². The molecular weight excluding hydrogens is 120 g/mol. The third-order valence-electron chi connectivity index (χ3n) is 1.66. The summed E-state index contributed by atoms with van der Waals surface area (Å²) >= 11 is 0. The van der Waals surface area contributed by atoms with Gasteiger partial charge in [0.1, 0.15) is 0 Å². The van der Waals surface area contributed by atoms with Crippen molar-refractivity contribution in [3.63, 3.8) is 0 Å². The van der Waals surface area contributed by atoms with E-state index in [0.717, 1.165) is 0 Å². The van der Waals surface area contributed by atoms with Crippen LogP contribution in [0.4, 0.5) is 0 Å². The average molecular weight is 132 g/mol. The van der Waals surface area contributed by atoms with Gasteiger partial charge in [-0.1, -0.05) is 0 Å². The first kappa shape index (κ1) is 6.99. The average Bonchev–Trinajstić information content (AvgIpc) is 2.13. The van der Waals surface area contributed by atoms with Crippen LogP contribution in [0.15, 0.2) is 0 Å². The number of rotatable bonds is 1. The smallest absolute Gasteiger partial charge is 0.0836 e. The summed E-state index contributed by atoms with van der Waals surface area (Å²) in [5, 5.41) is 17.6. The molecule has 1 heterocycles. The Morgan fingerprint density at radius 1 is 1.67 bits per heavy atom. The molecule has 2 N–H and O–H groups in total. The van der Waals surface area contributed by atoms with Crippen molar-refractivity contribution in [2.75, 3.05) is 6.61 Å². The first-order valence-electron chi connectivity index (χ1n) is 3.18. The summed E-state index contributed by atoms with van der Waals surface area (Å²) in [6.07, 6.45) is -0.0724. The molecule has 3 heteroatoms. The molecule has 9 heavy (non-hydrogen) atoms. The van der Waals surface area contributed by atoms with Crippen LogP contribution in [0.25, 0.3) is 0 Å². The number of ether oxygens (including phenoxy) is 1. The Morgan fingerprint density at radius 3 is 2.56 bits per heavy atom. The minimum Gasteiger partial charge on any atom is -0.394 e. The molecule has 0 radical (unpaired) electrons. The Hall–Kier alpha value is -0.120. The van der Waals surface area contributed by atoms with Crippen LogP contribution >= 0.6 is 0 Å². The summed E-state index contributed by atoms with van der Waals surface area (Å²) in [5.74, 6) is 0. The van der Waals surface area contributed by atoms with Gasteiger partial charge in [0.05, 0.1) is 24.9 Å². The largest absolute Gasteiger partial charge is 0.394 e. The molecule has 0 saturated carbocycles. The molecule has 0 aromatic heterocycles. The molecule has 0 bridgehead atoms. The number of hydrogen-bond donors (Lipinski definition) is 2. The van der Waals surface area contributed by atoms with Gasteiger partial charge in [-0.3, -0.25) is 0 Å². The van der Waals surface area contributed by atoms with E-state index in [1.807, 2.05) is 0 Å². The Kier molecular flexibility index (Phi) is 2.05. The molecule has 0 spiro atoms. The minimum atomic E-state index is -0.387. The molecule has 54 valence electrons. The molecule has 0 aliphatic carbocycles. The molecule has 3 nitrogen and oxygen atoms in total. The molecule has 0 aromatic carbocycles. The molecule has 0 aromatic rings. The summed E-state index contributed by atoms with van der Waals surface area (Å²) in [7, 11) is 0. The summed E-state index contributed by atoms with van der Waals surface area (Å²) in [5.41, 5.74) is 0. The fraction of sp³-hybridized carbons (Fsp3) is 1.00. The Bertz CT molecular complexity index is 84.3. The third kappa shape index (κ3) is 1.41. The highest BCUT2D eigenvalue weighted by Crippen LogP contribution is 2.18. The van der Waals surface area contributed by atoms with Crippen LogP contribution in [0, 0.1) is 0 Å². The van der Waals surface area contributed by atoms with Crippen molar-refractivity contribution in [1.29, 1.82) is 0 Å². The van der Waals surface area contributed by atoms with Gasteiger partial charge in [0.25, 0.3) is 0 Å². The standard InChI is InChI=1S/C6H12O3/c1-4-6(8)2-5(3-7)9-4/h4-8H,2-3H2,1H3/t4?,5-,6+/m1/s1. The zero-order valence-electron chi connectivity index (χ0n) is 5.45. The van der Waals surface area contributed by atoms with Gasteiger partial charge >= 0.3 is 0 Å². The Labute approximate surface area is 54.3 Å². The highest BCUT2D eigenvalue weighted by atomic mass is 16.5. The monoisotopic (exact) mass is 132 g/mol. The van der Waals surface area contributed by atoms with Crippen molar-refractivity contribution in [1.82, 2.24) is 0 Å². The summed E-state index contributed by atoms with van der Waals surface area (Å²) in [6, 6.07) is 0. The second-order valence-corrected chi connectivity index (χ2v) is 2.45. The fourth-order valence-corrected chi connectivity index (χ4v) is 1.03. The molecule has 1 unspecified atom stereocenters. The third-order valence-corrected chi connectivity index (χ3v) is 1.66. The number of aliphatic hydroxyl groups excluding tert-OH is 2. The van der Waals surface area contributed by atoms with Gasteiger partial charge in [-0.2, -0.15) is 0 Å². The maximum Gasteiger partial charge on any atom is 0.0836 e. The molecule has 1 aliphatic rings. The molecule has 1 aliphatic heterocycles. The van der Waals surface area contributed by atoms with Crippen molar-refractivity contribution in [2.24, 2.45) is 0 Å². The normalized spacial score (nSPS) is 43.7. The maximum atomic E-state index is 9.06. The summed E-state index contributed by atoms with van der Waals surface area (Å²) in [6.45, 7) is 1.82. The van der Waals surface area contributed by atoms with Crippen LogP contribution in [-0.4, -0.2) is 35.1 Å². The minimum absolute atomic E-state index is 0.0153. The van der Waals surface area contributed by atoms with Gasteiger partial charge in [0.2, 0.25) is 0 Å². The molecule has 3 atom stereocenters. The first-order chi connectivity index (χ1) is 4.24. The van der Waals surface area contributed by atoms with Gasteiger partial charge in [-0.25, -0.2) is 0 Å². The molecule has 0 amide bonds. The topological polar surface area (TPSA) is 49.7 Å². The van der Waals surface area contributed by atoms with Crippen molar-refractivity contribution < 1.29 is 14.9 Å². The lowest BCUT2D eigenvalue weighted by Crippen LogP contribution is -2.15. The van der Waals surface area contributed by atoms with E-state index in [9.17, 15) is 0 Å². The highest BCUT2D eigenvalue weighted by molar-refractivity contribution is 4.77. The summed E-state index contributed by atoms with van der Waals surface area (Å²) in [4.78, 5) is 0. The number of hydrogen-bond acceptors (Lipinski definition) is 3. The van der Waals surface area contributed by atoms with Crippen LogP contribution in [0.2, 0.25) is 0 Å². The van der Waals surface area contributed by atoms with E-state index in [0.29, 0.717) is 6.42 Å². The van der Waals surface area contributed by atoms with E-state index < -0.39 is 0 Å². The molecular formula is C6H12O3. The second kappa shape index (κ2) is 2.64. The van der Waals surface area contributed by atoms with E-state index in [1.165, 1.54) is 0 Å². The predicted octanol–water partition coefficient (Wildman–Crippen LogP) is -0.483. The van der Waals surface area contributed by atoms with Crippen LogP contribution in [0.1, 0.15) is 13.3 Å². The SMILES string of the molecule is CC1O[C@@H](CO)C[C@@H]1O. The maximum absolute atomic E-state index is 9.06. The lowest BCUT2D eigenvalue weighted by Gasteiger charge is -2.05. The fourth-order valence-electron chi connectivity index (χ4n) is 1.03. The van der Waals surface area contributed by atoms with Crippen LogP contribution in [0.5, 0.6) is 0 Å². The lowest BCUT2D eigenvalue weighted by atomic mass is 10.2. The van der Waals surface area contributed by atoms with Crippen molar-refractivity contribution in [3.05, 3.63) is 0 Å². The van der Waals surface area contributed by atoms with Gasteiger partial charge in [-0.15, -0.1) is 0 Å². The van der Waals surface area contributed by atoms with Crippen LogP contribution in [0.3, 0.4) is 0 Å². The van der Waals surface area contributed by atoms with E-state index in [2.05, 4.69) is 0 Å². The van der Waals surface area contributed by atoms with E-state index in [4.69, 9.17) is 14.9 Å². The first-order valence-corrected chi connectivity index (χ1v) is 3.18. The zero-order chi connectivity index (χ0) is 6.85. The molecule has 1 rings (SSSR count). The van der Waals surface area contributed by atoms with Crippen LogP contribution in [-0.2, 0) is 4.74 Å². The van der Waals surface area contributed by atoms with E-state index in [1.54, 1.807) is 6.92 Å².